The Morgan fingerprint density at radius 2 is 2.62 bits per heavy atom. The van der Waals surface area contributed by atoms with Crippen LogP contribution in [0.3, 0.4) is 0 Å². The molecule has 0 saturated carbocycles. The molecule has 1 atom stereocenters. The summed E-state index contributed by atoms with van der Waals surface area (Å²) in [6.07, 6.45) is 4.90. The van der Waals surface area contributed by atoms with E-state index in [4.69, 9.17) is 9.47 Å². The number of hydrogen-bond donors (Lipinski definition) is 0. The van der Waals surface area contributed by atoms with E-state index in [1.807, 2.05) is 10.9 Å². The van der Waals surface area contributed by atoms with Gasteiger partial charge in [-0.05, 0) is 22.4 Å². The summed E-state index contributed by atoms with van der Waals surface area (Å²) < 4.78 is 13.3. The first-order chi connectivity index (χ1) is 6.34. The van der Waals surface area contributed by atoms with E-state index in [0.717, 1.165) is 24.0 Å². The maximum absolute atomic E-state index is 5.39. The van der Waals surface area contributed by atoms with Crippen LogP contribution in [0.25, 0.3) is 0 Å². The van der Waals surface area contributed by atoms with Gasteiger partial charge in [-0.25, -0.2) is 0 Å². The standard InChI is InChI=1S/C8H11BrN2O2/c9-7-3-10-11(4-7)5-8-1-2-12-6-13-8/h3-4,8H,1-2,5-6H2. The summed E-state index contributed by atoms with van der Waals surface area (Å²) in [6.45, 7) is 2.00. The molecule has 0 amide bonds. The van der Waals surface area contributed by atoms with Gasteiger partial charge in [0.15, 0.2) is 0 Å². The van der Waals surface area contributed by atoms with Gasteiger partial charge in [0, 0.05) is 6.20 Å². The summed E-state index contributed by atoms with van der Waals surface area (Å²) in [4.78, 5) is 0. The van der Waals surface area contributed by atoms with E-state index in [9.17, 15) is 0 Å². The number of ether oxygens (including phenoxy) is 2. The predicted octanol–water partition coefficient (Wildman–Crippen LogP) is 1.41. The SMILES string of the molecule is Brc1cnn(CC2CCOCO2)c1. The van der Waals surface area contributed by atoms with E-state index in [1.54, 1.807) is 6.20 Å². The number of rotatable bonds is 2. The molecule has 0 N–H and O–H groups in total. The molecule has 1 aromatic heterocycles. The Bertz CT molecular complexity index is 271. The Kier molecular flexibility index (Phi) is 2.97. The van der Waals surface area contributed by atoms with Crippen LogP contribution in [0.4, 0.5) is 0 Å². The second kappa shape index (κ2) is 4.21. The lowest BCUT2D eigenvalue weighted by Gasteiger charge is -2.22. The number of nitrogens with zero attached hydrogens (tertiary/aromatic N) is 2. The third-order valence-corrected chi connectivity index (χ3v) is 2.37. The van der Waals surface area contributed by atoms with Gasteiger partial charge >= 0.3 is 0 Å². The molecular weight excluding hydrogens is 236 g/mol. The Morgan fingerprint density at radius 3 is 3.23 bits per heavy atom. The Balaban J connectivity index is 1.89. The Morgan fingerprint density at radius 1 is 1.69 bits per heavy atom. The minimum absolute atomic E-state index is 0.237. The fraction of sp³-hybridized carbons (Fsp3) is 0.625. The van der Waals surface area contributed by atoms with E-state index in [-0.39, 0.29) is 6.10 Å². The summed E-state index contributed by atoms with van der Waals surface area (Å²) >= 11 is 3.35. The molecule has 0 spiro atoms. The van der Waals surface area contributed by atoms with E-state index in [0.29, 0.717) is 6.79 Å². The molecule has 72 valence electrons. The molecule has 1 fully saturated rings. The second-order valence-electron chi connectivity index (χ2n) is 2.98. The summed E-state index contributed by atoms with van der Waals surface area (Å²) in [6, 6.07) is 0. The van der Waals surface area contributed by atoms with Crippen LogP contribution >= 0.6 is 15.9 Å². The maximum Gasteiger partial charge on any atom is 0.147 e. The molecule has 2 heterocycles. The van der Waals surface area contributed by atoms with Gasteiger partial charge in [0.25, 0.3) is 0 Å². The van der Waals surface area contributed by atoms with Crippen molar-refractivity contribution in [3.05, 3.63) is 16.9 Å². The monoisotopic (exact) mass is 246 g/mol. The van der Waals surface area contributed by atoms with Crippen molar-refractivity contribution in [3.63, 3.8) is 0 Å². The molecule has 0 bridgehead atoms. The molecule has 13 heavy (non-hydrogen) atoms. The first-order valence-electron chi connectivity index (χ1n) is 4.22. The molecular formula is C8H11BrN2O2. The number of hydrogen-bond acceptors (Lipinski definition) is 3. The second-order valence-corrected chi connectivity index (χ2v) is 3.90. The fourth-order valence-corrected chi connectivity index (χ4v) is 1.62. The van der Waals surface area contributed by atoms with Crippen molar-refractivity contribution in [2.45, 2.75) is 19.1 Å². The highest BCUT2D eigenvalue weighted by Crippen LogP contribution is 2.11. The van der Waals surface area contributed by atoms with Gasteiger partial charge in [-0.2, -0.15) is 5.10 Å². The fourth-order valence-electron chi connectivity index (χ4n) is 1.29. The van der Waals surface area contributed by atoms with Crippen molar-refractivity contribution in [2.75, 3.05) is 13.4 Å². The zero-order valence-corrected chi connectivity index (χ0v) is 8.74. The van der Waals surface area contributed by atoms with Gasteiger partial charge in [0.1, 0.15) is 6.79 Å². The van der Waals surface area contributed by atoms with Crippen molar-refractivity contribution >= 4 is 15.9 Å². The largest absolute Gasteiger partial charge is 0.355 e. The first-order valence-corrected chi connectivity index (χ1v) is 5.01. The summed E-state index contributed by atoms with van der Waals surface area (Å²) in [5.41, 5.74) is 0. The highest BCUT2D eigenvalue weighted by atomic mass is 79.9. The summed E-state index contributed by atoms with van der Waals surface area (Å²) in [7, 11) is 0. The third-order valence-electron chi connectivity index (χ3n) is 1.96. The zero-order chi connectivity index (χ0) is 9.10. The van der Waals surface area contributed by atoms with Crippen molar-refractivity contribution in [3.8, 4) is 0 Å². The topological polar surface area (TPSA) is 36.3 Å². The van der Waals surface area contributed by atoms with Crippen molar-refractivity contribution < 1.29 is 9.47 Å². The van der Waals surface area contributed by atoms with Gasteiger partial charge in [-0.15, -0.1) is 0 Å². The van der Waals surface area contributed by atoms with Crippen LogP contribution in [0.15, 0.2) is 16.9 Å². The highest BCUT2D eigenvalue weighted by molar-refractivity contribution is 9.10. The van der Waals surface area contributed by atoms with E-state index >= 15 is 0 Å². The normalized spacial score (nSPS) is 23.3. The molecule has 1 unspecified atom stereocenters. The summed E-state index contributed by atoms with van der Waals surface area (Å²) in [5.74, 6) is 0. The average molecular weight is 247 g/mol. The van der Waals surface area contributed by atoms with Gasteiger partial charge in [0.05, 0.1) is 29.9 Å². The van der Waals surface area contributed by atoms with Gasteiger partial charge in [-0.1, -0.05) is 0 Å². The van der Waals surface area contributed by atoms with Crippen molar-refractivity contribution in [1.29, 1.82) is 0 Å². The molecule has 1 saturated heterocycles. The van der Waals surface area contributed by atoms with E-state index < -0.39 is 0 Å². The molecule has 2 rings (SSSR count). The highest BCUT2D eigenvalue weighted by Gasteiger charge is 2.14. The Hall–Kier alpha value is -0.390. The number of halogens is 1. The third kappa shape index (κ3) is 2.52. The van der Waals surface area contributed by atoms with E-state index in [2.05, 4.69) is 21.0 Å². The molecule has 1 aromatic rings. The summed E-state index contributed by atoms with van der Waals surface area (Å²) in [5, 5.41) is 4.16. The van der Waals surface area contributed by atoms with Gasteiger partial charge in [0.2, 0.25) is 0 Å². The lowest BCUT2D eigenvalue weighted by atomic mass is 10.2. The predicted molar refractivity (Wildman–Crippen MR) is 50.2 cm³/mol. The molecule has 4 nitrogen and oxygen atoms in total. The van der Waals surface area contributed by atoms with Gasteiger partial charge in [-0.3, -0.25) is 4.68 Å². The van der Waals surface area contributed by atoms with Crippen LogP contribution < -0.4 is 0 Å². The molecule has 0 aromatic carbocycles. The van der Waals surface area contributed by atoms with Crippen LogP contribution in [-0.4, -0.2) is 29.3 Å². The molecule has 1 aliphatic rings. The maximum atomic E-state index is 5.39. The average Bonchev–Trinajstić information content (AvgIpc) is 2.53. The Labute approximate surface area is 85.0 Å². The quantitative estimate of drug-likeness (QED) is 0.792. The van der Waals surface area contributed by atoms with Crippen LogP contribution in [0.1, 0.15) is 6.42 Å². The minimum Gasteiger partial charge on any atom is -0.355 e. The zero-order valence-electron chi connectivity index (χ0n) is 7.15. The molecule has 5 heteroatoms. The van der Waals surface area contributed by atoms with Crippen LogP contribution in [0.2, 0.25) is 0 Å². The minimum atomic E-state index is 0.237. The molecule has 1 aliphatic heterocycles. The van der Waals surface area contributed by atoms with Crippen molar-refractivity contribution in [2.24, 2.45) is 0 Å². The van der Waals surface area contributed by atoms with Gasteiger partial charge < -0.3 is 9.47 Å². The molecule has 0 aliphatic carbocycles. The molecule has 0 radical (unpaired) electrons. The van der Waals surface area contributed by atoms with Crippen molar-refractivity contribution in [1.82, 2.24) is 9.78 Å². The first kappa shape index (κ1) is 9.18. The lowest BCUT2D eigenvalue weighted by molar-refractivity contribution is -0.143. The van der Waals surface area contributed by atoms with Crippen LogP contribution in [-0.2, 0) is 16.0 Å². The number of aromatic nitrogens is 2. The lowest BCUT2D eigenvalue weighted by Crippen LogP contribution is -2.28. The van der Waals surface area contributed by atoms with Crippen LogP contribution in [0.5, 0.6) is 0 Å². The smallest absolute Gasteiger partial charge is 0.147 e. The van der Waals surface area contributed by atoms with E-state index in [1.165, 1.54) is 0 Å². The van der Waals surface area contributed by atoms with Crippen LogP contribution in [0, 0.1) is 0 Å².